The van der Waals surface area contributed by atoms with E-state index in [9.17, 15) is 0 Å². The van der Waals surface area contributed by atoms with Crippen molar-refractivity contribution in [2.24, 2.45) is 5.41 Å². The fraction of sp³-hybridized carbons (Fsp3) is 0.391. The molecule has 2 aliphatic rings. The fourth-order valence-corrected chi connectivity index (χ4v) is 4.50. The van der Waals surface area contributed by atoms with Gasteiger partial charge < -0.3 is 10.2 Å². The summed E-state index contributed by atoms with van der Waals surface area (Å²) in [5.41, 5.74) is 5.07. The van der Waals surface area contributed by atoms with Crippen LogP contribution in [0.2, 0.25) is 0 Å². The van der Waals surface area contributed by atoms with Crippen LogP contribution in [0.4, 0.5) is 17.3 Å². The van der Waals surface area contributed by atoms with Gasteiger partial charge in [-0.3, -0.25) is 4.90 Å². The Balaban J connectivity index is 0.00000218. The first kappa shape index (κ1) is 18.2. The lowest BCUT2D eigenvalue weighted by atomic mass is 9.72. The highest BCUT2D eigenvalue weighted by atomic mass is 15.4. The van der Waals surface area contributed by atoms with Crippen LogP contribution in [-0.4, -0.2) is 51.9 Å². The molecule has 3 heterocycles. The Kier molecular flexibility index (Phi) is 4.32. The summed E-state index contributed by atoms with van der Waals surface area (Å²) < 4.78 is 1.79. The standard InChI is InChI=1S/C23H28N6.H2/c1-17(2)27-12-23(13-27)14-28(15-23)21-10-18(3)9-19(11-21)25-22-24-16-29(26-22)20-7-5-4-6-8-20;/h4-11,16-17H,12-15H2,1-3H3,(H,25,26);1H. The molecule has 5 rings (SSSR count). The van der Waals surface area contributed by atoms with Crippen molar-refractivity contribution < 1.29 is 1.43 Å². The van der Waals surface area contributed by atoms with E-state index in [1.165, 1.54) is 24.3 Å². The normalized spacial score (nSPS) is 18.0. The number of rotatable bonds is 5. The summed E-state index contributed by atoms with van der Waals surface area (Å²) in [5.74, 6) is 0.608. The van der Waals surface area contributed by atoms with E-state index in [-0.39, 0.29) is 1.43 Å². The molecule has 0 unspecified atom stereocenters. The Labute approximate surface area is 173 Å². The van der Waals surface area contributed by atoms with Crippen LogP contribution in [0.3, 0.4) is 0 Å². The zero-order valence-corrected chi connectivity index (χ0v) is 17.3. The molecule has 0 aliphatic carbocycles. The lowest BCUT2D eigenvalue weighted by molar-refractivity contribution is -0.0411. The Hall–Kier alpha value is -2.86. The molecule has 1 aromatic heterocycles. The van der Waals surface area contributed by atoms with Crippen molar-refractivity contribution >= 4 is 17.3 Å². The molecule has 1 spiro atoms. The van der Waals surface area contributed by atoms with Crippen LogP contribution < -0.4 is 10.2 Å². The minimum absolute atomic E-state index is 0. The summed E-state index contributed by atoms with van der Waals surface area (Å²) in [5, 5.41) is 7.93. The van der Waals surface area contributed by atoms with E-state index < -0.39 is 0 Å². The lowest BCUT2D eigenvalue weighted by Crippen LogP contribution is -2.73. The highest BCUT2D eigenvalue weighted by Crippen LogP contribution is 2.43. The van der Waals surface area contributed by atoms with Crippen LogP contribution in [0.25, 0.3) is 5.69 Å². The number of nitrogens with zero attached hydrogens (tertiary/aromatic N) is 5. The number of hydrogen-bond donors (Lipinski definition) is 1. The molecule has 3 aromatic rings. The van der Waals surface area contributed by atoms with Gasteiger partial charge in [-0.05, 0) is 56.7 Å². The van der Waals surface area contributed by atoms with E-state index in [2.05, 4.69) is 64.2 Å². The van der Waals surface area contributed by atoms with Crippen molar-refractivity contribution in [1.82, 2.24) is 19.7 Å². The molecule has 2 aliphatic heterocycles. The van der Waals surface area contributed by atoms with Crippen LogP contribution in [0.1, 0.15) is 20.8 Å². The average molecular weight is 391 g/mol. The quantitative estimate of drug-likeness (QED) is 0.711. The monoisotopic (exact) mass is 390 g/mol. The van der Waals surface area contributed by atoms with Crippen LogP contribution in [-0.2, 0) is 0 Å². The Bertz CT molecular complexity index is 1000. The predicted octanol–water partition coefficient (Wildman–Crippen LogP) is 4.10. The van der Waals surface area contributed by atoms with Gasteiger partial charge in [0.2, 0.25) is 5.95 Å². The number of anilines is 3. The predicted molar refractivity (Wildman–Crippen MR) is 119 cm³/mol. The molecule has 0 atom stereocenters. The van der Waals surface area contributed by atoms with Crippen LogP contribution >= 0.6 is 0 Å². The van der Waals surface area contributed by atoms with Crippen molar-refractivity contribution in [1.29, 1.82) is 0 Å². The number of hydrogen-bond acceptors (Lipinski definition) is 5. The highest BCUT2D eigenvalue weighted by molar-refractivity contribution is 5.65. The third-order valence-electron chi connectivity index (χ3n) is 6.06. The first-order chi connectivity index (χ1) is 14.0. The summed E-state index contributed by atoms with van der Waals surface area (Å²) >= 11 is 0. The number of aromatic nitrogens is 3. The molecule has 2 saturated heterocycles. The molecule has 0 amide bonds. The van der Waals surface area contributed by atoms with E-state index in [4.69, 9.17) is 0 Å². The SMILES string of the molecule is Cc1cc(Nc2ncn(-c3ccccc3)n2)cc(N2CC3(C2)CN(C(C)C)C3)c1.[HH]. The maximum Gasteiger partial charge on any atom is 0.246 e. The van der Waals surface area contributed by atoms with Crippen molar-refractivity contribution in [3.8, 4) is 5.69 Å². The van der Waals surface area contributed by atoms with Gasteiger partial charge >= 0.3 is 0 Å². The van der Waals surface area contributed by atoms with Crippen LogP contribution in [0.5, 0.6) is 0 Å². The Morgan fingerprint density at radius 1 is 1.00 bits per heavy atom. The number of aryl methyl sites for hydroxylation is 1. The maximum absolute atomic E-state index is 4.56. The van der Waals surface area contributed by atoms with E-state index in [1.807, 2.05) is 30.3 Å². The summed E-state index contributed by atoms with van der Waals surface area (Å²) in [6.07, 6.45) is 1.74. The average Bonchev–Trinajstić information content (AvgIpc) is 3.08. The van der Waals surface area contributed by atoms with Gasteiger partial charge in [0.05, 0.1) is 5.69 Å². The molecule has 2 aromatic carbocycles. The molecular formula is C23H30N6. The topological polar surface area (TPSA) is 49.2 Å². The minimum atomic E-state index is 0. The van der Waals surface area contributed by atoms with E-state index in [0.717, 1.165) is 24.5 Å². The third kappa shape index (κ3) is 3.49. The van der Waals surface area contributed by atoms with Crippen LogP contribution in [0.15, 0.2) is 54.9 Å². The molecule has 0 radical (unpaired) electrons. The zero-order chi connectivity index (χ0) is 20.0. The van der Waals surface area contributed by atoms with Gasteiger partial charge in [-0.15, -0.1) is 5.10 Å². The van der Waals surface area contributed by atoms with Gasteiger partial charge in [-0.1, -0.05) is 18.2 Å². The van der Waals surface area contributed by atoms with Gasteiger partial charge in [-0.25, -0.2) is 4.68 Å². The van der Waals surface area contributed by atoms with Crippen molar-refractivity contribution in [2.45, 2.75) is 26.8 Å². The second-order valence-corrected chi connectivity index (χ2v) is 8.89. The fourth-order valence-electron chi connectivity index (χ4n) is 4.50. The Morgan fingerprint density at radius 2 is 1.76 bits per heavy atom. The maximum atomic E-state index is 4.56. The summed E-state index contributed by atoms with van der Waals surface area (Å²) in [4.78, 5) is 9.47. The molecule has 29 heavy (non-hydrogen) atoms. The molecule has 6 heteroatoms. The molecule has 6 nitrogen and oxygen atoms in total. The van der Waals surface area contributed by atoms with Crippen molar-refractivity contribution in [3.63, 3.8) is 0 Å². The number of likely N-dealkylation sites (tertiary alicyclic amines) is 1. The first-order valence-corrected chi connectivity index (χ1v) is 10.3. The second-order valence-electron chi connectivity index (χ2n) is 8.89. The molecule has 0 saturated carbocycles. The zero-order valence-electron chi connectivity index (χ0n) is 17.3. The molecule has 152 valence electrons. The van der Waals surface area contributed by atoms with Crippen molar-refractivity contribution in [2.75, 3.05) is 36.4 Å². The first-order valence-electron chi connectivity index (χ1n) is 10.3. The molecule has 0 bridgehead atoms. The highest BCUT2D eigenvalue weighted by Gasteiger charge is 2.52. The van der Waals surface area contributed by atoms with Crippen molar-refractivity contribution in [3.05, 3.63) is 60.4 Å². The van der Waals surface area contributed by atoms with Gasteiger partial charge in [0.25, 0.3) is 0 Å². The second kappa shape index (κ2) is 6.88. The molecular weight excluding hydrogens is 360 g/mol. The number of nitrogens with one attached hydrogen (secondary N) is 1. The van der Waals surface area contributed by atoms with E-state index in [1.54, 1.807) is 11.0 Å². The van der Waals surface area contributed by atoms with Gasteiger partial charge in [0.15, 0.2) is 0 Å². The number of benzene rings is 2. The van der Waals surface area contributed by atoms with Gasteiger partial charge in [0.1, 0.15) is 6.33 Å². The molecule has 1 N–H and O–H groups in total. The number of para-hydroxylation sites is 1. The minimum Gasteiger partial charge on any atom is -0.370 e. The van der Waals surface area contributed by atoms with E-state index >= 15 is 0 Å². The smallest absolute Gasteiger partial charge is 0.246 e. The molecule has 2 fully saturated rings. The van der Waals surface area contributed by atoms with Crippen LogP contribution in [0, 0.1) is 12.3 Å². The van der Waals surface area contributed by atoms with E-state index in [0.29, 0.717) is 17.4 Å². The summed E-state index contributed by atoms with van der Waals surface area (Å²) in [6, 6.07) is 17.3. The lowest BCUT2D eigenvalue weighted by Gasteiger charge is -2.62. The van der Waals surface area contributed by atoms with Gasteiger partial charge in [-0.2, -0.15) is 4.98 Å². The third-order valence-corrected chi connectivity index (χ3v) is 6.06. The summed E-state index contributed by atoms with van der Waals surface area (Å²) in [6.45, 7) is 11.5. The van der Waals surface area contributed by atoms with Gasteiger partial charge in [0, 0.05) is 50.4 Å². The Morgan fingerprint density at radius 3 is 2.48 bits per heavy atom. The largest absolute Gasteiger partial charge is 0.370 e. The summed E-state index contributed by atoms with van der Waals surface area (Å²) in [7, 11) is 0.